The molecule has 0 amide bonds. The van der Waals surface area contributed by atoms with Gasteiger partial charge in [0.15, 0.2) is 0 Å². The van der Waals surface area contributed by atoms with Crippen molar-refractivity contribution in [2.45, 2.75) is 11.8 Å². The first-order valence-corrected chi connectivity index (χ1v) is 8.91. The lowest BCUT2D eigenvalue weighted by Crippen LogP contribution is -2.43. The second kappa shape index (κ2) is 7.57. The Bertz CT molecular complexity index is 844. The van der Waals surface area contributed by atoms with Crippen molar-refractivity contribution in [3.8, 4) is 16.9 Å². The second-order valence-electron chi connectivity index (χ2n) is 5.40. The van der Waals surface area contributed by atoms with Crippen LogP contribution in [-0.4, -0.2) is 43.7 Å². The Morgan fingerprint density at radius 3 is 1.73 bits per heavy atom. The summed E-state index contributed by atoms with van der Waals surface area (Å²) in [5.74, 6) is -3.82. The van der Waals surface area contributed by atoms with Crippen molar-refractivity contribution in [2.24, 2.45) is 0 Å². The minimum atomic E-state index is -5.26. The number of anilines is 1. The summed E-state index contributed by atoms with van der Waals surface area (Å²) < 4.78 is 16.4. The number of carbonyl (C=O) groups is 2. The number of nitrogen functional groups attached to an aromatic ring is 1. The summed E-state index contributed by atoms with van der Waals surface area (Å²) in [7, 11) is -5.26. The van der Waals surface area contributed by atoms with Gasteiger partial charge in [0.05, 0.1) is 0 Å². The van der Waals surface area contributed by atoms with Crippen molar-refractivity contribution in [3.63, 3.8) is 0 Å². The highest BCUT2D eigenvalue weighted by Gasteiger charge is 2.48. The molecule has 6 N–H and O–H groups in total. The van der Waals surface area contributed by atoms with Gasteiger partial charge in [-0.3, -0.25) is 9.36 Å². The smallest absolute Gasteiger partial charge is 0.346 e. The van der Waals surface area contributed by atoms with E-state index in [4.69, 9.17) is 30.5 Å². The third-order valence-electron chi connectivity index (χ3n) is 3.51. The highest BCUT2D eigenvalue weighted by atomic mass is 31.2. The van der Waals surface area contributed by atoms with Crippen LogP contribution in [0.3, 0.4) is 0 Å². The molecule has 0 fully saturated rings. The predicted octanol–water partition coefficient (Wildman–Crippen LogP) is 1.40. The van der Waals surface area contributed by atoms with E-state index in [-0.39, 0.29) is 5.75 Å². The van der Waals surface area contributed by atoms with E-state index in [1.807, 2.05) is 0 Å². The Kier molecular flexibility index (Phi) is 5.66. The zero-order valence-electron chi connectivity index (χ0n) is 13.2. The van der Waals surface area contributed by atoms with E-state index < -0.39 is 31.3 Å². The molecule has 26 heavy (non-hydrogen) atoms. The fourth-order valence-corrected chi connectivity index (χ4v) is 3.08. The van der Waals surface area contributed by atoms with E-state index in [1.165, 1.54) is 12.1 Å². The fourth-order valence-electron chi connectivity index (χ4n) is 2.25. The number of benzene rings is 2. The first-order valence-electron chi connectivity index (χ1n) is 7.23. The largest absolute Gasteiger partial charge is 0.480 e. The van der Waals surface area contributed by atoms with Gasteiger partial charge in [-0.05, 0) is 35.4 Å². The van der Waals surface area contributed by atoms with Crippen molar-refractivity contribution in [2.75, 3.05) is 5.73 Å². The standard InChI is InChI=1S/C16H16NO8P/c17-11-5-1-9(2-6-11)10-3-7-12(8-4-10)25-13(15(18)19)14(16(20)21)26(22,23)24/h1-8,13-14H,17H2,(H,18,19)(H,20,21)(H2,22,23,24). The van der Waals surface area contributed by atoms with Crippen molar-refractivity contribution >= 4 is 25.2 Å². The maximum atomic E-state index is 11.3. The van der Waals surface area contributed by atoms with Gasteiger partial charge in [0.2, 0.25) is 11.8 Å². The molecule has 0 spiro atoms. The topological polar surface area (TPSA) is 167 Å². The molecule has 0 aliphatic carbocycles. The number of hydrogen-bond donors (Lipinski definition) is 5. The Hall–Kier alpha value is -2.87. The van der Waals surface area contributed by atoms with Crippen molar-refractivity contribution < 1.29 is 38.9 Å². The van der Waals surface area contributed by atoms with Crippen LogP contribution in [0.1, 0.15) is 0 Å². The van der Waals surface area contributed by atoms with Crippen LogP contribution >= 0.6 is 7.60 Å². The van der Waals surface area contributed by atoms with Gasteiger partial charge >= 0.3 is 19.5 Å². The van der Waals surface area contributed by atoms with Crippen LogP contribution in [0.4, 0.5) is 5.69 Å². The lowest BCUT2D eigenvalue weighted by molar-refractivity contribution is -0.151. The Labute approximate surface area is 147 Å². The third-order valence-corrected chi connectivity index (χ3v) is 4.72. The Morgan fingerprint density at radius 1 is 0.885 bits per heavy atom. The Balaban J connectivity index is 2.27. The van der Waals surface area contributed by atoms with Crippen LogP contribution in [0.2, 0.25) is 0 Å². The summed E-state index contributed by atoms with van der Waals surface area (Å²) in [5, 5.41) is 18.1. The van der Waals surface area contributed by atoms with E-state index in [0.717, 1.165) is 11.1 Å². The molecule has 2 aromatic carbocycles. The van der Waals surface area contributed by atoms with Gasteiger partial charge in [-0.15, -0.1) is 0 Å². The number of carboxylic acids is 2. The van der Waals surface area contributed by atoms with Gasteiger partial charge in [-0.1, -0.05) is 24.3 Å². The molecule has 0 saturated heterocycles. The molecular weight excluding hydrogens is 365 g/mol. The predicted molar refractivity (Wildman–Crippen MR) is 91.8 cm³/mol. The molecule has 2 atom stereocenters. The second-order valence-corrected chi connectivity index (χ2v) is 7.13. The van der Waals surface area contributed by atoms with E-state index >= 15 is 0 Å². The van der Waals surface area contributed by atoms with E-state index in [0.29, 0.717) is 5.69 Å². The molecule has 0 heterocycles. The highest BCUT2D eigenvalue weighted by Crippen LogP contribution is 2.44. The van der Waals surface area contributed by atoms with Crippen LogP contribution < -0.4 is 10.5 Å². The molecule has 0 bridgehead atoms. The molecule has 0 aromatic heterocycles. The Morgan fingerprint density at radius 2 is 1.35 bits per heavy atom. The normalized spacial score (nSPS) is 13.6. The number of hydrogen-bond acceptors (Lipinski definition) is 5. The van der Waals surface area contributed by atoms with Gasteiger partial charge in [-0.2, -0.15) is 0 Å². The van der Waals surface area contributed by atoms with Crippen molar-refractivity contribution in [1.82, 2.24) is 0 Å². The third kappa shape index (κ3) is 4.60. The first kappa shape index (κ1) is 19.5. The van der Waals surface area contributed by atoms with Crippen molar-refractivity contribution in [1.29, 1.82) is 0 Å². The van der Waals surface area contributed by atoms with E-state index in [9.17, 15) is 14.2 Å². The van der Waals surface area contributed by atoms with Gasteiger partial charge in [0.25, 0.3) is 0 Å². The molecule has 0 aliphatic heterocycles. The molecule has 9 nitrogen and oxygen atoms in total. The number of carboxylic acid groups (broad SMARTS) is 2. The van der Waals surface area contributed by atoms with Crippen LogP contribution in [0, 0.1) is 0 Å². The van der Waals surface area contributed by atoms with E-state index in [2.05, 4.69) is 0 Å². The maximum Gasteiger partial charge on any atom is 0.346 e. The zero-order valence-corrected chi connectivity index (χ0v) is 14.1. The quantitative estimate of drug-likeness (QED) is 0.352. The average molecular weight is 381 g/mol. The summed E-state index contributed by atoms with van der Waals surface area (Å²) in [6, 6.07) is 12.9. The SMILES string of the molecule is Nc1ccc(-c2ccc(OC(C(=O)O)C(C(=O)O)P(=O)(O)O)cc2)cc1. The summed E-state index contributed by atoms with van der Waals surface area (Å²) in [5.41, 5.74) is 5.27. The molecular formula is C16H16NO8P. The molecule has 0 aliphatic rings. The number of rotatable bonds is 7. The minimum Gasteiger partial charge on any atom is -0.480 e. The lowest BCUT2D eigenvalue weighted by Gasteiger charge is -2.22. The number of aliphatic carboxylic acids is 2. The number of ether oxygens (including phenoxy) is 1. The first-order chi connectivity index (χ1) is 12.1. The average Bonchev–Trinajstić information content (AvgIpc) is 2.54. The minimum absolute atomic E-state index is 0.0451. The van der Waals surface area contributed by atoms with Gasteiger partial charge in [0, 0.05) is 5.69 Å². The summed E-state index contributed by atoms with van der Waals surface area (Å²) in [6.45, 7) is 0. The fraction of sp³-hybridized carbons (Fsp3) is 0.125. The lowest BCUT2D eigenvalue weighted by atomic mass is 10.1. The summed E-state index contributed by atoms with van der Waals surface area (Å²) in [6.07, 6.45) is -2.25. The maximum absolute atomic E-state index is 11.3. The van der Waals surface area contributed by atoms with Crippen LogP contribution in [0.5, 0.6) is 5.75 Å². The monoisotopic (exact) mass is 381 g/mol. The highest BCUT2D eigenvalue weighted by molar-refractivity contribution is 7.53. The molecule has 0 saturated carbocycles. The molecule has 10 heteroatoms. The van der Waals surface area contributed by atoms with Gasteiger partial charge < -0.3 is 30.5 Å². The zero-order chi connectivity index (χ0) is 19.5. The van der Waals surface area contributed by atoms with Crippen LogP contribution in [0.25, 0.3) is 11.1 Å². The molecule has 2 unspecified atom stereocenters. The van der Waals surface area contributed by atoms with Gasteiger partial charge in [-0.25, -0.2) is 4.79 Å². The number of nitrogens with two attached hydrogens (primary N) is 1. The van der Waals surface area contributed by atoms with Crippen molar-refractivity contribution in [3.05, 3.63) is 48.5 Å². The molecule has 2 aromatic rings. The van der Waals surface area contributed by atoms with Crippen LogP contribution in [0.15, 0.2) is 48.5 Å². The van der Waals surface area contributed by atoms with Gasteiger partial charge in [0.1, 0.15) is 5.75 Å². The summed E-state index contributed by atoms with van der Waals surface area (Å²) in [4.78, 5) is 40.7. The van der Waals surface area contributed by atoms with E-state index in [1.54, 1.807) is 36.4 Å². The molecule has 2 rings (SSSR count). The summed E-state index contributed by atoms with van der Waals surface area (Å²) >= 11 is 0. The van der Waals surface area contributed by atoms with Crippen LogP contribution in [-0.2, 0) is 14.2 Å². The molecule has 138 valence electrons. The molecule has 0 radical (unpaired) electrons.